The van der Waals surface area contributed by atoms with Crippen molar-refractivity contribution in [3.05, 3.63) is 190 Å². The highest BCUT2D eigenvalue weighted by Crippen LogP contribution is 2.40. The van der Waals surface area contributed by atoms with Gasteiger partial charge in [-0.2, -0.15) is 32.0 Å². The van der Waals surface area contributed by atoms with Crippen LogP contribution in [0.3, 0.4) is 0 Å². The zero-order chi connectivity index (χ0) is 62.5. The molecule has 0 unspecified atom stereocenters. The van der Waals surface area contributed by atoms with Crippen LogP contribution in [0.1, 0.15) is 75.4 Å². The summed E-state index contributed by atoms with van der Waals surface area (Å²) in [5.74, 6) is 3.03. The monoisotopic (exact) mass is 1290 g/mol. The fourth-order valence-electron chi connectivity index (χ4n) is 9.95. The number of carbonyl (C=O) groups excluding carboxylic acids is 2. The van der Waals surface area contributed by atoms with Crippen molar-refractivity contribution in [2.24, 2.45) is 0 Å². The molecule has 20 nitrogen and oxygen atoms in total. The number of aliphatic hydroxyl groups is 2. The summed E-state index contributed by atoms with van der Waals surface area (Å²) < 4.78 is 22.0. The first-order valence-electron chi connectivity index (χ1n) is 28.2. The van der Waals surface area contributed by atoms with E-state index in [1.807, 2.05) is 131 Å². The molecule has 6 N–H and O–H groups in total. The number of para-hydroxylation sites is 2. The number of nitrogens with zero attached hydrogens (tertiary/aromatic N) is 10. The summed E-state index contributed by atoms with van der Waals surface area (Å²) in [6, 6.07) is 36.9. The number of carbonyl (C=O) groups is 2. The van der Waals surface area contributed by atoms with Crippen LogP contribution in [0, 0.1) is 0 Å². The summed E-state index contributed by atoms with van der Waals surface area (Å²) in [5.41, 5.74) is 5.13. The van der Waals surface area contributed by atoms with Crippen molar-refractivity contribution in [3.8, 4) is 45.9 Å². The van der Waals surface area contributed by atoms with E-state index in [2.05, 4.69) is 25.0 Å². The zero-order valence-corrected chi connectivity index (χ0v) is 52.9. The van der Waals surface area contributed by atoms with Gasteiger partial charge in [0.2, 0.25) is 0 Å². The van der Waals surface area contributed by atoms with Gasteiger partial charge in [-0.25, -0.2) is 28.9 Å². The number of rotatable bonds is 17. The predicted octanol–water partition coefficient (Wildman–Crippen LogP) is 14.4. The lowest BCUT2D eigenvalue weighted by molar-refractivity contribution is 0.236. The molecule has 0 aliphatic heterocycles. The van der Waals surface area contributed by atoms with E-state index in [0.29, 0.717) is 74.1 Å². The quantitative estimate of drug-likeness (QED) is 0.0368. The first-order chi connectivity index (χ1) is 42.7. The number of thioether (sulfide) groups is 1. The van der Waals surface area contributed by atoms with E-state index in [9.17, 15) is 20.4 Å². The largest absolute Gasteiger partial charge is 0.506 e. The van der Waals surface area contributed by atoms with Gasteiger partial charge in [0.15, 0.2) is 21.6 Å². The third kappa shape index (κ3) is 12.3. The molecule has 0 atom stereocenters. The third-order valence-electron chi connectivity index (χ3n) is 14.5. The van der Waals surface area contributed by atoms with Crippen LogP contribution in [-0.4, -0.2) is 83.2 Å². The maximum atomic E-state index is 16.1. The Kier molecular flexibility index (Phi) is 16.7. The number of aromatic nitrogens is 8. The van der Waals surface area contributed by atoms with Gasteiger partial charge < -0.3 is 40.5 Å². The number of imidazole rings is 2. The maximum absolute atomic E-state index is 16.1. The minimum Gasteiger partial charge on any atom is -0.506 e. The smallest absolute Gasteiger partial charge is 0.343 e. The first kappa shape index (κ1) is 60.5. The zero-order valence-electron chi connectivity index (χ0n) is 49.0. The summed E-state index contributed by atoms with van der Waals surface area (Å²) in [7, 11) is 0. The van der Waals surface area contributed by atoms with Gasteiger partial charge >= 0.3 is 12.1 Å². The molecule has 25 heteroatoms. The highest BCUT2D eigenvalue weighted by atomic mass is 35.5. The number of benzene rings is 6. The van der Waals surface area contributed by atoms with Gasteiger partial charge in [0.05, 0.1) is 90.2 Å². The Balaban J connectivity index is 0.957. The number of aliphatic hydroxyl groups excluding tert-OH is 2. The van der Waals surface area contributed by atoms with Gasteiger partial charge in [0.25, 0.3) is 0 Å². The molecule has 89 heavy (non-hydrogen) atoms. The number of aromatic hydroxyl groups is 2. The minimum absolute atomic E-state index is 0.00782. The average molecular weight is 1290 g/mol. The van der Waals surface area contributed by atoms with Crippen molar-refractivity contribution >= 4 is 112 Å². The lowest BCUT2D eigenvalue weighted by atomic mass is 9.92. The van der Waals surface area contributed by atoms with E-state index < -0.39 is 22.9 Å². The molecular formula is C64H60Cl2N12O8S3. The molecule has 0 radical (unpaired) electrons. The predicted molar refractivity (Wildman–Crippen MR) is 351 cm³/mol. The molecule has 0 fully saturated rings. The topological polar surface area (TPSA) is 234 Å². The third-order valence-corrected chi connectivity index (χ3v) is 18.2. The van der Waals surface area contributed by atoms with Crippen LogP contribution in [0.5, 0.6) is 34.5 Å². The Morgan fingerprint density at radius 1 is 0.596 bits per heavy atom. The standard InChI is InChI=1S/C64H60Cl2N12O8S3/c1-63(2,3)55-29-57(75(71-55)39-15-21-49(81)45(65)25-39)77(59(83)67-31-37-11-7-9-13-51(37)85-43-17-19-47-53(27-43)88-61-69-33-41(35-80)73(47)61)78(58-30-56(64(4,5)6)72-76(58)40-16-22-50(82)46(66)26-40)60(84)68-32-38-12-8-10-14-52(38)86-44-18-20-48-54(28-44)89-62-70-34-42(74(48)62)36-87-24-23-79/h7-22,25-30,33-34,79-82H,23-24,31-32,35-36H2,1-6H3,(H,67,83)(H,68,84). The van der Waals surface area contributed by atoms with E-state index in [4.69, 9.17) is 42.9 Å². The number of amides is 4. The van der Waals surface area contributed by atoms with Crippen LogP contribution in [0.4, 0.5) is 21.2 Å². The molecule has 0 aliphatic carbocycles. The first-order valence-corrected chi connectivity index (χ1v) is 31.7. The number of halogens is 2. The summed E-state index contributed by atoms with van der Waals surface area (Å²) in [4.78, 5) is 43.0. The van der Waals surface area contributed by atoms with Gasteiger partial charge in [-0.3, -0.25) is 8.80 Å². The Bertz CT molecular complexity index is 4650. The molecule has 12 rings (SSSR count). The number of fused-ring (bicyclic) bond motifs is 6. The molecule has 456 valence electrons. The molecule has 0 aliphatic rings. The van der Waals surface area contributed by atoms with Crippen LogP contribution in [-0.2, 0) is 36.3 Å². The molecule has 0 spiro atoms. The van der Waals surface area contributed by atoms with Crippen LogP contribution < -0.4 is 30.1 Å². The Morgan fingerprint density at radius 2 is 1.04 bits per heavy atom. The normalized spacial score (nSPS) is 12.0. The van der Waals surface area contributed by atoms with Gasteiger partial charge in [0.1, 0.15) is 34.5 Å². The van der Waals surface area contributed by atoms with Crippen LogP contribution in [0.25, 0.3) is 41.7 Å². The molecule has 6 aromatic heterocycles. The van der Waals surface area contributed by atoms with Crippen molar-refractivity contribution in [2.45, 2.75) is 77.8 Å². The lowest BCUT2D eigenvalue weighted by Crippen LogP contribution is -2.58. The maximum Gasteiger partial charge on any atom is 0.343 e. The van der Waals surface area contributed by atoms with Crippen LogP contribution in [0.2, 0.25) is 10.0 Å². The van der Waals surface area contributed by atoms with Gasteiger partial charge in [-0.05, 0) is 72.8 Å². The van der Waals surface area contributed by atoms with E-state index in [-0.39, 0.29) is 59.5 Å². The summed E-state index contributed by atoms with van der Waals surface area (Å²) >= 11 is 17.9. The number of ether oxygens (including phenoxy) is 2. The molecule has 6 heterocycles. The Morgan fingerprint density at radius 3 is 1.48 bits per heavy atom. The summed E-state index contributed by atoms with van der Waals surface area (Å²) in [6.07, 6.45) is 3.51. The van der Waals surface area contributed by atoms with Crippen LogP contribution in [0.15, 0.2) is 146 Å². The lowest BCUT2D eigenvalue weighted by Gasteiger charge is -2.34. The van der Waals surface area contributed by atoms with E-state index >= 15 is 9.59 Å². The molecule has 0 bridgehead atoms. The van der Waals surface area contributed by atoms with E-state index in [0.717, 1.165) is 36.0 Å². The molecular weight excluding hydrogens is 1230 g/mol. The van der Waals surface area contributed by atoms with Crippen molar-refractivity contribution in [1.29, 1.82) is 0 Å². The average Bonchev–Trinajstić information content (AvgIpc) is 1.80. The fraction of sp³-hybridized carbons (Fsp3) is 0.219. The molecule has 6 aromatic carbocycles. The summed E-state index contributed by atoms with van der Waals surface area (Å²) in [5, 5.41) is 59.6. The van der Waals surface area contributed by atoms with Crippen molar-refractivity contribution < 1.29 is 39.5 Å². The number of hydrogen-bond donors (Lipinski definition) is 6. The van der Waals surface area contributed by atoms with Crippen molar-refractivity contribution in [2.75, 3.05) is 22.4 Å². The van der Waals surface area contributed by atoms with Gasteiger partial charge in [-0.1, -0.05) is 124 Å². The van der Waals surface area contributed by atoms with E-state index in [1.165, 1.54) is 66.3 Å². The number of anilines is 2. The molecule has 0 saturated heterocycles. The van der Waals surface area contributed by atoms with Crippen molar-refractivity contribution in [3.63, 3.8) is 0 Å². The second kappa shape index (κ2) is 24.6. The fourth-order valence-corrected chi connectivity index (χ4v) is 13.1. The Hall–Kier alpha value is -8.81. The second-order valence-electron chi connectivity index (χ2n) is 22.9. The summed E-state index contributed by atoms with van der Waals surface area (Å²) in [6.45, 7) is 11.5. The number of thiazole rings is 2. The minimum atomic E-state index is -0.811. The van der Waals surface area contributed by atoms with Crippen molar-refractivity contribution in [1.82, 2.24) is 49.0 Å². The van der Waals surface area contributed by atoms with Gasteiger partial charge in [0, 0.05) is 70.8 Å². The van der Waals surface area contributed by atoms with E-state index in [1.54, 1.807) is 48.3 Å². The number of phenols is 2. The molecule has 12 aromatic rings. The molecule has 4 amide bonds. The molecule has 0 saturated carbocycles. The number of urea groups is 2. The van der Waals surface area contributed by atoms with Gasteiger partial charge in [-0.15, -0.1) is 0 Å². The SMILES string of the molecule is CC(C)(C)c1cc(N(C(=O)NCc2ccccc2Oc2ccc3c(c2)sc2ncc(CO)n23)N(C(=O)NCc2ccccc2Oc2ccc3c(c2)sc2ncc(CSCCO)n23)c2cc(C(C)(C)C)nn2-c2ccc(O)c(Cl)c2)n(-c2ccc(O)c(Cl)c2)n1. The second-order valence-corrected chi connectivity index (χ2v) is 26.8. The number of nitrogens with one attached hydrogen (secondary N) is 2. The number of phenolic OH excluding ortho intramolecular Hbond substituents is 2. The highest BCUT2D eigenvalue weighted by Gasteiger charge is 2.38. The number of hydrazine groups is 1. The highest BCUT2D eigenvalue weighted by molar-refractivity contribution is 7.98. The number of hydrogen-bond acceptors (Lipinski definition) is 15. The Labute approximate surface area is 532 Å². The van der Waals surface area contributed by atoms with Crippen LogP contribution >= 0.6 is 57.6 Å².